The number of nitrogens with two attached hydrogens (primary N) is 1. The Bertz CT molecular complexity index is 423. The van der Waals surface area contributed by atoms with Gasteiger partial charge in [0, 0.05) is 11.6 Å². The first-order chi connectivity index (χ1) is 8.97. The molecular formula is C16H24FNO. The van der Waals surface area contributed by atoms with E-state index in [1.807, 2.05) is 13.0 Å². The summed E-state index contributed by atoms with van der Waals surface area (Å²) in [5.41, 5.74) is 6.65. The maximum Gasteiger partial charge on any atom is 0.165 e. The van der Waals surface area contributed by atoms with Crippen LogP contribution >= 0.6 is 0 Å². The van der Waals surface area contributed by atoms with Crippen LogP contribution in [0.1, 0.15) is 51.6 Å². The van der Waals surface area contributed by atoms with Gasteiger partial charge in [-0.1, -0.05) is 26.0 Å². The molecule has 2 rings (SSSR count). The number of rotatable bonds is 3. The predicted octanol–water partition coefficient (Wildman–Crippen LogP) is 4.05. The molecule has 0 amide bonds. The monoisotopic (exact) mass is 265 g/mol. The van der Waals surface area contributed by atoms with E-state index in [1.165, 1.54) is 12.5 Å². The maximum absolute atomic E-state index is 14.0. The number of ether oxygens (including phenoxy) is 1. The highest BCUT2D eigenvalue weighted by molar-refractivity contribution is 5.37. The number of halogens is 1. The molecule has 1 saturated carbocycles. The molecule has 3 atom stereocenters. The molecule has 106 valence electrons. The number of hydrogen-bond donors (Lipinski definition) is 1. The Morgan fingerprint density at radius 2 is 1.84 bits per heavy atom. The summed E-state index contributed by atoms with van der Waals surface area (Å²) in [6.07, 6.45) is 3.33. The topological polar surface area (TPSA) is 35.2 Å². The molecule has 1 aromatic carbocycles. The molecule has 0 radical (unpaired) electrons. The Morgan fingerprint density at radius 1 is 1.21 bits per heavy atom. The van der Waals surface area contributed by atoms with E-state index < -0.39 is 0 Å². The van der Waals surface area contributed by atoms with Crippen molar-refractivity contribution in [3.05, 3.63) is 29.6 Å². The fraction of sp³-hybridized carbons (Fsp3) is 0.625. The van der Waals surface area contributed by atoms with Crippen molar-refractivity contribution in [3.8, 4) is 5.75 Å². The second kappa shape index (κ2) is 5.91. The highest BCUT2D eigenvalue weighted by Gasteiger charge is 2.27. The van der Waals surface area contributed by atoms with Crippen LogP contribution in [0.2, 0.25) is 0 Å². The molecular weight excluding hydrogens is 241 g/mol. The van der Waals surface area contributed by atoms with Gasteiger partial charge in [-0.25, -0.2) is 4.39 Å². The van der Waals surface area contributed by atoms with Gasteiger partial charge < -0.3 is 10.5 Å². The lowest BCUT2D eigenvalue weighted by Gasteiger charge is -2.32. The van der Waals surface area contributed by atoms with Crippen LogP contribution in [0.3, 0.4) is 0 Å². The molecule has 1 aliphatic rings. The average Bonchev–Trinajstić information content (AvgIpc) is 2.30. The minimum Gasteiger partial charge on any atom is -0.487 e. The zero-order chi connectivity index (χ0) is 14.0. The molecule has 0 aromatic heterocycles. The van der Waals surface area contributed by atoms with Gasteiger partial charge in [0.2, 0.25) is 0 Å². The summed E-state index contributed by atoms with van der Waals surface area (Å²) in [7, 11) is 0. The normalized spacial score (nSPS) is 29.0. The van der Waals surface area contributed by atoms with Gasteiger partial charge in [0.05, 0.1) is 6.10 Å². The van der Waals surface area contributed by atoms with Gasteiger partial charge in [-0.3, -0.25) is 0 Å². The predicted molar refractivity (Wildman–Crippen MR) is 75.6 cm³/mol. The first-order valence-corrected chi connectivity index (χ1v) is 7.18. The molecule has 0 bridgehead atoms. The van der Waals surface area contributed by atoms with Crippen LogP contribution in [0.4, 0.5) is 4.39 Å². The summed E-state index contributed by atoms with van der Waals surface area (Å²) < 4.78 is 19.9. The van der Waals surface area contributed by atoms with Crippen molar-refractivity contribution < 1.29 is 9.13 Å². The molecule has 1 aromatic rings. The van der Waals surface area contributed by atoms with Crippen molar-refractivity contribution in [3.63, 3.8) is 0 Å². The van der Waals surface area contributed by atoms with E-state index in [0.717, 1.165) is 18.4 Å². The van der Waals surface area contributed by atoms with Gasteiger partial charge in [0.15, 0.2) is 11.6 Å². The van der Waals surface area contributed by atoms with Crippen molar-refractivity contribution in [2.24, 2.45) is 17.6 Å². The van der Waals surface area contributed by atoms with Crippen LogP contribution in [0, 0.1) is 17.7 Å². The van der Waals surface area contributed by atoms with Crippen LogP contribution in [0.5, 0.6) is 5.75 Å². The van der Waals surface area contributed by atoms with E-state index in [9.17, 15) is 4.39 Å². The third kappa shape index (κ3) is 3.47. The quantitative estimate of drug-likeness (QED) is 0.895. The first kappa shape index (κ1) is 14.3. The third-order valence-electron chi connectivity index (χ3n) is 3.91. The molecule has 0 aliphatic heterocycles. The second-order valence-electron chi connectivity index (χ2n) is 6.10. The molecule has 0 spiro atoms. The standard InChI is InChI=1S/C16H24FNO/c1-10-7-11(2)9-13(8-10)19-16-14(12(3)18)5-4-6-15(16)17/h4-6,10-13H,7-9,18H2,1-3H3/t10?,11?,12-,13?/m1/s1. The smallest absolute Gasteiger partial charge is 0.165 e. The van der Waals surface area contributed by atoms with Crippen molar-refractivity contribution in [1.29, 1.82) is 0 Å². The molecule has 19 heavy (non-hydrogen) atoms. The van der Waals surface area contributed by atoms with Crippen molar-refractivity contribution in [2.45, 2.75) is 52.2 Å². The molecule has 1 aliphatic carbocycles. The van der Waals surface area contributed by atoms with Crippen molar-refractivity contribution in [2.75, 3.05) is 0 Å². The summed E-state index contributed by atoms with van der Waals surface area (Å²) in [5, 5.41) is 0. The largest absolute Gasteiger partial charge is 0.487 e. The van der Waals surface area contributed by atoms with Crippen LogP contribution in [0.25, 0.3) is 0 Å². The average molecular weight is 265 g/mol. The second-order valence-corrected chi connectivity index (χ2v) is 6.10. The van der Waals surface area contributed by atoms with Crippen LogP contribution < -0.4 is 10.5 Å². The number of benzene rings is 1. The van der Waals surface area contributed by atoms with E-state index in [1.54, 1.807) is 6.07 Å². The fourth-order valence-corrected chi connectivity index (χ4v) is 3.14. The summed E-state index contributed by atoms with van der Waals surface area (Å²) in [4.78, 5) is 0. The van der Waals surface area contributed by atoms with E-state index >= 15 is 0 Å². The minimum absolute atomic E-state index is 0.105. The summed E-state index contributed by atoms with van der Waals surface area (Å²) in [5.74, 6) is 1.32. The van der Waals surface area contributed by atoms with Crippen LogP contribution in [-0.2, 0) is 0 Å². The van der Waals surface area contributed by atoms with Crippen molar-refractivity contribution in [1.82, 2.24) is 0 Å². The van der Waals surface area contributed by atoms with Gasteiger partial charge in [0.25, 0.3) is 0 Å². The molecule has 0 heterocycles. The minimum atomic E-state index is -0.305. The van der Waals surface area contributed by atoms with E-state index in [0.29, 0.717) is 17.6 Å². The summed E-state index contributed by atoms with van der Waals surface area (Å²) >= 11 is 0. The molecule has 3 heteroatoms. The highest BCUT2D eigenvalue weighted by Crippen LogP contribution is 2.34. The summed E-state index contributed by atoms with van der Waals surface area (Å²) in [6.45, 7) is 6.33. The fourth-order valence-electron chi connectivity index (χ4n) is 3.14. The number of hydrogen-bond acceptors (Lipinski definition) is 2. The van der Waals surface area contributed by atoms with E-state index in [-0.39, 0.29) is 18.0 Å². The Kier molecular flexibility index (Phi) is 4.46. The Morgan fingerprint density at radius 3 is 2.42 bits per heavy atom. The lowest BCUT2D eigenvalue weighted by molar-refractivity contribution is 0.0957. The number of para-hydroxylation sites is 1. The van der Waals surface area contributed by atoms with Gasteiger partial charge in [0.1, 0.15) is 0 Å². The molecule has 2 unspecified atom stereocenters. The lowest BCUT2D eigenvalue weighted by Crippen LogP contribution is -2.29. The SMILES string of the molecule is CC1CC(C)CC(Oc2c(F)cccc2[C@@H](C)N)C1. The highest BCUT2D eigenvalue weighted by atomic mass is 19.1. The molecule has 1 fully saturated rings. The zero-order valence-corrected chi connectivity index (χ0v) is 12.0. The summed E-state index contributed by atoms with van der Waals surface area (Å²) in [6, 6.07) is 4.76. The third-order valence-corrected chi connectivity index (χ3v) is 3.91. The lowest BCUT2D eigenvalue weighted by atomic mass is 9.82. The van der Waals surface area contributed by atoms with E-state index in [4.69, 9.17) is 10.5 Å². The maximum atomic E-state index is 14.0. The van der Waals surface area contributed by atoms with E-state index in [2.05, 4.69) is 13.8 Å². The Balaban J connectivity index is 2.18. The Labute approximate surface area is 115 Å². The Hall–Kier alpha value is -1.09. The van der Waals surface area contributed by atoms with Gasteiger partial charge >= 0.3 is 0 Å². The van der Waals surface area contributed by atoms with Crippen LogP contribution in [0.15, 0.2) is 18.2 Å². The van der Waals surface area contributed by atoms with Gasteiger partial charge in [-0.05, 0) is 44.1 Å². The van der Waals surface area contributed by atoms with Gasteiger partial charge in [-0.15, -0.1) is 0 Å². The molecule has 2 N–H and O–H groups in total. The zero-order valence-electron chi connectivity index (χ0n) is 12.0. The van der Waals surface area contributed by atoms with Crippen LogP contribution in [-0.4, -0.2) is 6.10 Å². The molecule has 0 saturated heterocycles. The van der Waals surface area contributed by atoms with Crippen molar-refractivity contribution >= 4 is 0 Å². The van der Waals surface area contributed by atoms with Gasteiger partial charge in [-0.2, -0.15) is 0 Å². The molecule has 2 nitrogen and oxygen atoms in total. The first-order valence-electron chi connectivity index (χ1n) is 7.18.